The first-order valence-corrected chi connectivity index (χ1v) is 12.7. The molecular formula is C23H36BBrO3S. The number of hydrogen-bond acceptors (Lipinski definition) is 4. The Labute approximate surface area is 190 Å². The maximum absolute atomic E-state index is 10.6. The first-order chi connectivity index (χ1) is 14.0. The largest absolute Gasteiger partial charge is 0.396 e. The van der Waals surface area contributed by atoms with Gasteiger partial charge in [0.25, 0.3) is 0 Å². The molecule has 0 aliphatic heterocycles. The normalized spacial score (nSPS) is 25.8. The molecule has 2 radical (unpaired) electrons. The lowest BCUT2D eigenvalue weighted by atomic mass is 9.79. The molecule has 0 bridgehead atoms. The molecule has 1 unspecified atom stereocenters. The van der Waals surface area contributed by atoms with Crippen molar-refractivity contribution < 1.29 is 15.3 Å². The van der Waals surface area contributed by atoms with Gasteiger partial charge in [0, 0.05) is 20.8 Å². The smallest absolute Gasteiger partial charge is 0.0724 e. The Kier molecular flexibility index (Phi) is 11.5. The van der Waals surface area contributed by atoms with Gasteiger partial charge in [-0.25, -0.2) is 0 Å². The van der Waals surface area contributed by atoms with E-state index in [1.807, 2.05) is 6.08 Å². The lowest BCUT2D eigenvalue weighted by Gasteiger charge is -2.23. The zero-order valence-electron chi connectivity index (χ0n) is 17.6. The molecule has 1 aromatic heterocycles. The first-order valence-electron chi connectivity index (χ1n) is 11.1. The van der Waals surface area contributed by atoms with Crippen molar-refractivity contribution in [3.63, 3.8) is 0 Å². The summed E-state index contributed by atoms with van der Waals surface area (Å²) in [5.41, 5.74) is 0. The second kappa shape index (κ2) is 13.3. The van der Waals surface area contributed by atoms with E-state index in [0.29, 0.717) is 18.7 Å². The van der Waals surface area contributed by atoms with Crippen LogP contribution in [0, 0.1) is 24.7 Å². The molecule has 3 nitrogen and oxygen atoms in total. The van der Waals surface area contributed by atoms with Crippen molar-refractivity contribution in [3.8, 4) is 0 Å². The zero-order chi connectivity index (χ0) is 21.2. The zero-order valence-corrected chi connectivity index (χ0v) is 20.0. The average molecular weight is 483 g/mol. The van der Waals surface area contributed by atoms with Crippen LogP contribution in [0.5, 0.6) is 0 Å². The first kappa shape index (κ1) is 25.1. The summed E-state index contributed by atoms with van der Waals surface area (Å²) in [6.45, 7) is 2.37. The number of aliphatic hydroxyl groups is 3. The molecule has 1 aliphatic carbocycles. The van der Waals surface area contributed by atoms with Crippen LogP contribution in [0.25, 0.3) is 0 Å². The standard InChI is InChI=1S/C23H36BBrO3S/c1-16-22(25)14-19(29-16)10-8-18(27)9-11-20-17(15-24)13-23(28)21(20)7-5-3-2-4-6-12-26/h9,11,14,17-18,20-21,23,26-28H,2-8,10,12-13,15H2,1H3/t17-,18-,20-,21+,23?/m0/s1. The Morgan fingerprint density at radius 2 is 2.00 bits per heavy atom. The molecule has 5 atom stereocenters. The van der Waals surface area contributed by atoms with Gasteiger partial charge in [-0.3, -0.25) is 0 Å². The molecule has 1 saturated carbocycles. The van der Waals surface area contributed by atoms with Crippen molar-refractivity contribution in [2.45, 2.75) is 83.2 Å². The van der Waals surface area contributed by atoms with E-state index in [4.69, 9.17) is 13.0 Å². The van der Waals surface area contributed by atoms with Gasteiger partial charge in [-0.15, -0.1) is 11.3 Å². The highest BCUT2D eigenvalue weighted by molar-refractivity contribution is 9.10. The van der Waals surface area contributed by atoms with E-state index in [9.17, 15) is 10.2 Å². The van der Waals surface area contributed by atoms with Crippen molar-refractivity contribution in [1.29, 1.82) is 0 Å². The van der Waals surface area contributed by atoms with E-state index in [1.165, 1.54) is 9.75 Å². The molecule has 1 aromatic rings. The van der Waals surface area contributed by atoms with Gasteiger partial charge in [-0.05, 0) is 78.8 Å². The third-order valence-corrected chi connectivity index (χ3v) is 8.42. The molecule has 0 spiro atoms. The fourth-order valence-corrected chi connectivity index (χ4v) is 6.11. The van der Waals surface area contributed by atoms with Crippen molar-refractivity contribution >= 4 is 35.1 Å². The van der Waals surface area contributed by atoms with Gasteiger partial charge in [0.05, 0.1) is 20.1 Å². The fourth-order valence-electron chi connectivity index (χ4n) is 4.49. The van der Waals surface area contributed by atoms with Crippen molar-refractivity contribution in [3.05, 3.63) is 32.4 Å². The molecule has 29 heavy (non-hydrogen) atoms. The highest BCUT2D eigenvalue weighted by atomic mass is 79.9. The lowest BCUT2D eigenvalue weighted by Crippen LogP contribution is -2.19. The minimum atomic E-state index is -0.466. The Morgan fingerprint density at radius 1 is 1.28 bits per heavy atom. The van der Waals surface area contributed by atoms with Gasteiger partial charge < -0.3 is 15.3 Å². The maximum atomic E-state index is 10.6. The number of thiophene rings is 1. The Balaban J connectivity index is 1.84. The van der Waals surface area contributed by atoms with Crippen LogP contribution in [0.2, 0.25) is 6.32 Å². The molecule has 2 rings (SSSR count). The summed E-state index contributed by atoms with van der Waals surface area (Å²) in [6.07, 6.45) is 12.6. The van der Waals surface area contributed by atoms with Gasteiger partial charge in [-0.2, -0.15) is 0 Å². The molecule has 162 valence electrons. The predicted octanol–water partition coefficient (Wildman–Crippen LogP) is 5.20. The van der Waals surface area contributed by atoms with Gasteiger partial charge >= 0.3 is 0 Å². The molecule has 1 fully saturated rings. The van der Waals surface area contributed by atoms with Crippen molar-refractivity contribution in [1.82, 2.24) is 0 Å². The van der Waals surface area contributed by atoms with E-state index < -0.39 is 6.10 Å². The Bertz CT molecular complexity index is 602. The summed E-state index contributed by atoms with van der Waals surface area (Å²) >= 11 is 5.33. The van der Waals surface area contributed by atoms with Gasteiger partial charge in [0.1, 0.15) is 0 Å². The van der Waals surface area contributed by atoms with E-state index in [0.717, 1.165) is 55.8 Å². The van der Waals surface area contributed by atoms with Crippen LogP contribution in [0.15, 0.2) is 22.7 Å². The van der Waals surface area contributed by atoms with E-state index in [-0.39, 0.29) is 24.5 Å². The summed E-state index contributed by atoms with van der Waals surface area (Å²) in [5.74, 6) is 0.782. The summed E-state index contributed by atoms with van der Waals surface area (Å²) in [5, 5.41) is 29.9. The van der Waals surface area contributed by atoms with Crippen LogP contribution in [-0.2, 0) is 6.42 Å². The van der Waals surface area contributed by atoms with Crippen LogP contribution in [-0.4, -0.2) is 42.0 Å². The van der Waals surface area contributed by atoms with Gasteiger partial charge in [-0.1, -0.05) is 44.2 Å². The third-order valence-electron chi connectivity index (χ3n) is 6.23. The Morgan fingerprint density at radius 3 is 2.66 bits per heavy atom. The molecular weight excluding hydrogens is 447 g/mol. The number of rotatable bonds is 13. The molecule has 0 amide bonds. The maximum Gasteiger partial charge on any atom is 0.0724 e. The van der Waals surface area contributed by atoms with Gasteiger partial charge in [0.15, 0.2) is 0 Å². The number of hydrogen-bond donors (Lipinski definition) is 3. The molecule has 1 aliphatic rings. The Hall–Kier alpha value is -0.135. The topological polar surface area (TPSA) is 60.7 Å². The van der Waals surface area contributed by atoms with Crippen LogP contribution >= 0.6 is 27.3 Å². The van der Waals surface area contributed by atoms with Crippen LogP contribution in [0.3, 0.4) is 0 Å². The summed E-state index contributed by atoms with van der Waals surface area (Å²) in [4.78, 5) is 2.56. The van der Waals surface area contributed by atoms with Gasteiger partial charge in [0.2, 0.25) is 0 Å². The summed E-state index contributed by atoms with van der Waals surface area (Å²) in [7, 11) is 5.98. The van der Waals surface area contributed by atoms with Crippen LogP contribution in [0.4, 0.5) is 0 Å². The minimum Gasteiger partial charge on any atom is -0.396 e. The fraction of sp³-hybridized carbons (Fsp3) is 0.739. The number of aryl methyl sites for hydroxylation is 2. The number of halogens is 1. The quantitative estimate of drug-likeness (QED) is 0.205. The number of allylic oxidation sites excluding steroid dienone is 1. The van der Waals surface area contributed by atoms with E-state index >= 15 is 0 Å². The van der Waals surface area contributed by atoms with Crippen molar-refractivity contribution in [2.75, 3.05) is 6.61 Å². The van der Waals surface area contributed by atoms with Crippen molar-refractivity contribution in [2.24, 2.45) is 17.8 Å². The molecule has 1 heterocycles. The highest BCUT2D eigenvalue weighted by Crippen LogP contribution is 2.42. The van der Waals surface area contributed by atoms with Crippen LogP contribution < -0.4 is 0 Å². The molecule has 0 saturated heterocycles. The second-order valence-electron chi connectivity index (χ2n) is 8.43. The SMILES string of the molecule is [B]C[C@@H]1CC(O)[C@H](CCCCCCCO)[C@H]1C=C[C@@H](O)CCc1cc(Br)c(C)s1. The number of aliphatic hydroxyl groups excluding tert-OH is 3. The third kappa shape index (κ3) is 8.14. The summed E-state index contributed by atoms with van der Waals surface area (Å²) in [6, 6.07) is 2.14. The molecule has 6 heteroatoms. The van der Waals surface area contributed by atoms with Crippen LogP contribution in [0.1, 0.15) is 61.1 Å². The van der Waals surface area contributed by atoms with E-state index in [2.05, 4.69) is 35.0 Å². The number of unbranched alkanes of at least 4 members (excludes halogenated alkanes) is 4. The molecule has 0 aromatic carbocycles. The second-order valence-corrected chi connectivity index (χ2v) is 10.6. The summed E-state index contributed by atoms with van der Waals surface area (Å²) < 4.78 is 1.15. The lowest BCUT2D eigenvalue weighted by molar-refractivity contribution is 0.116. The highest BCUT2D eigenvalue weighted by Gasteiger charge is 2.39. The molecule has 3 N–H and O–H groups in total. The minimum absolute atomic E-state index is 0.237. The van der Waals surface area contributed by atoms with E-state index in [1.54, 1.807) is 11.3 Å². The average Bonchev–Trinajstić information content (AvgIpc) is 3.19. The predicted molar refractivity (Wildman–Crippen MR) is 127 cm³/mol. The monoisotopic (exact) mass is 482 g/mol.